The minimum absolute atomic E-state index is 0. The van der Waals surface area contributed by atoms with Crippen molar-refractivity contribution in [2.75, 3.05) is 32.8 Å². The SMILES string of the molecule is CCNC(=NCCc1ccccn1)NCCC1=CCOCC1.I. The lowest BCUT2D eigenvalue weighted by molar-refractivity contribution is 0.153. The number of hydrogen-bond acceptors (Lipinski definition) is 3. The third kappa shape index (κ3) is 8.31. The van der Waals surface area contributed by atoms with Crippen molar-refractivity contribution < 1.29 is 4.74 Å². The van der Waals surface area contributed by atoms with Crippen LogP contribution in [0.5, 0.6) is 0 Å². The molecule has 0 unspecified atom stereocenters. The Kier molecular flexibility index (Phi) is 10.6. The normalized spacial score (nSPS) is 14.7. The predicted molar refractivity (Wildman–Crippen MR) is 105 cm³/mol. The number of pyridine rings is 1. The van der Waals surface area contributed by atoms with E-state index >= 15 is 0 Å². The molecule has 23 heavy (non-hydrogen) atoms. The molecule has 0 saturated carbocycles. The molecule has 0 bridgehead atoms. The van der Waals surface area contributed by atoms with Gasteiger partial charge >= 0.3 is 0 Å². The highest BCUT2D eigenvalue weighted by Crippen LogP contribution is 2.10. The zero-order valence-corrected chi connectivity index (χ0v) is 16.1. The van der Waals surface area contributed by atoms with Crippen LogP contribution in [0.4, 0.5) is 0 Å². The largest absolute Gasteiger partial charge is 0.377 e. The molecule has 0 aliphatic carbocycles. The van der Waals surface area contributed by atoms with Gasteiger partial charge in [-0.2, -0.15) is 0 Å². The van der Waals surface area contributed by atoms with Gasteiger partial charge in [-0.25, -0.2) is 0 Å². The van der Waals surface area contributed by atoms with Gasteiger partial charge in [0.1, 0.15) is 0 Å². The molecule has 0 saturated heterocycles. The van der Waals surface area contributed by atoms with Crippen molar-refractivity contribution in [2.45, 2.75) is 26.2 Å². The summed E-state index contributed by atoms with van der Waals surface area (Å²) in [5, 5.41) is 6.67. The molecule has 1 aromatic rings. The van der Waals surface area contributed by atoms with Crippen molar-refractivity contribution in [1.29, 1.82) is 0 Å². The average molecular weight is 430 g/mol. The van der Waals surface area contributed by atoms with Crippen molar-refractivity contribution in [3.63, 3.8) is 0 Å². The molecule has 1 aliphatic rings. The number of hydrogen-bond donors (Lipinski definition) is 2. The van der Waals surface area contributed by atoms with E-state index in [4.69, 9.17) is 4.74 Å². The van der Waals surface area contributed by atoms with Crippen LogP contribution in [-0.2, 0) is 11.2 Å². The molecule has 5 nitrogen and oxygen atoms in total. The molecular formula is C17H27IN4O. The van der Waals surface area contributed by atoms with Crippen LogP contribution in [0, 0.1) is 0 Å². The quantitative estimate of drug-likeness (QED) is 0.302. The van der Waals surface area contributed by atoms with Crippen LogP contribution in [0.15, 0.2) is 41.0 Å². The minimum Gasteiger partial charge on any atom is -0.377 e. The Morgan fingerprint density at radius 3 is 2.91 bits per heavy atom. The smallest absolute Gasteiger partial charge is 0.191 e. The number of guanidine groups is 1. The Balaban J connectivity index is 0.00000264. The monoisotopic (exact) mass is 430 g/mol. The summed E-state index contributed by atoms with van der Waals surface area (Å²) in [6.45, 7) is 6.20. The topological polar surface area (TPSA) is 58.5 Å². The Bertz CT molecular complexity index is 491. The van der Waals surface area contributed by atoms with Crippen LogP contribution < -0.4 is 10.6 Å². The number of rotatable bonds is 7. The summed E-state index contributed by atoms with van der Waals surface area (Å²) in [5.74, 6) is 0.881. The first-order chi connectivity index (χ1) is 10.9. The summed E-state index contributed by atoms with van der Waals surface area (Å²) in [4.78, 5) is 8.92. The summed E-state index contributed by atoms with van der Waals surface area (Å²) in [7, 11) is 0. The summed E-state index contributed by atoms with van der Waals surface area (Å²) < 4.78 is 5.32. The Labute approximate surface area is 156 Å². The molecule has 0 spiro atoms. The second-order valence-corrected chi connectivity index (χ2v) is 5.20. The number of nitrogens with zero attached hydrogens (tertiary/aromatic N) is 2. The maximum Gasteiger partial charge on any atom is 0.191 e. The lowest BCUT2D eigenvalue weighted by Crippen LogP contribution is -2.38. The number of nitrogens with one attached hydrogen (secondary N) is 2. The number of ether oxygens (including phenoxy) is 1. The van der Waals surface area contributed by atoms with Crippen LogP contribution in [0.3, 0.4) is 0 Å². The minimum atomic E-state index is 0. The number of aromatic nitrogens is 1. The second-order valence-electron chi connectivity index (χ2n) is 5.20. The maximum atomic E-state index is 5.32. The van der Waals surface area contributed by atoms with Crippen molar-refractivity contribution in [3.8, 4) is 0 Å². The molecule has 0 radical (unpaired) electrons. The Morgan fingerprint density at radius 1 is 1.30 bits per heavy atom. The fourth-order valence-electron chi connectivity index (χ4n) is 2.30. The van der Waals surface area contributed by atoms with Gasteiger partial charge in [-0.05, 0) is 31.9 Å². The summed E-state index contributed by atoms with van der Waals surface area (Å²) in [6, 6.07) is 5.98. The molecule has 2 rings (SSSR count). The molecule has 128 valence electrons. The van der Waals surface area contributed by atoms with Crippen molar-refractivity contribution >= 4 is 29.9 Å². The fourth-order valence-corrected chi connectivity index (χ4v) is 2.30. The van der Waals surface area contributed by atoms with E-state index in [1.807, 2.05) is 24.4 Å². The van der Waals surface area contributed by atoms with Gasteiger partial charge in [-0.1, -0.05) is 17.7 Å². The third-order valence-electron chi connectivity index (χ3n) is 3.50. The molecule has 0 atom stereocenters. The van der Waals surface area contributed by atoms with E-state index in [0.717, 1.165) is 63.8 Å². The molecule has 1 aliphatic heterocycles. The lowest BCUT2D eigenvalue weighted by Gasteiger charge is -2.15. The van der Waals surface area contributed by atoms with E-state index in [-0.39, 0.29) is 24.0 Å². The van der Waals surface area contributed by atoms with Gasteiger partial charge in [0.2, 0.25) is 0 Å². The van der Waals surface area contributed by atoms with Crippen LogP contribution >= 0.6 is 24.0 Å². The second kappa shape index (κ2) is 12.3. The summed E-state index contributed by atoms with van der Waals surface area (Å²) in [5.41, 5.74) is 2.55. The zero-order chi connectivity index (χ0) is 15.5. The molecule has 2 heterocycles. The van der Waals surface area contributed by atoms with Gasteiger partial charge in [0, 0.05) is 37.9 Å². The molecular weight excluding hydrogens is 403 g/mol. The fraction of sp³-hybridized carbons (Fsp3) is 0.529. The number of aliphatic imine (C=N–C) groups is 1. The van der Waals surface area contributed by atoms with Crippen LogP contribution in [-0.4, -0.2) is 43.8 Å². The van der Waals surface area contributed by atoms with E-state index in [0.29, 0.717) is 0 Å². The summed E-state index contributed by atoms with van der Waals surface area (Å²) >= 11 is 0. The zero-order valence-electron chi connectivity index (χ0n) is 13.8. The highest BCUT2D eigenvalue weighted by atomic mass is 127. The average Bonchev–Trinajstić information content (AvgIpc) is 2.57. The van der Waals surface area contributed by atoms with Gasteiger partial charge in [0.05, 0.1) is 13.2 Å². The number of halogens is 1. The van der Waals surface area contributed by atoms with Crippen molar-refractivity contribution in [1.82, 2.24) is 15.6 Å². The molecule has 1 aromatic heterocycles. The van der Waals surface area contributed by atoms with E-state index in [1.165, 1.54) is 5.57 Å². The predicted octanol–water partition coefficient (Wildman–Crippen LogP) is 2.53. The van der Waals surface area contributed by atoms with Gasteiger partial charge in [0.15, 0.2) is 5.96 Å². The summed E-state index contributed by atoms with van der Waals surface area (Å²) in [6.07, 6.45) is 6.98. The van der Waals surface area contributed by atoms with Crippen LogP contribution in [0.25, 0.3) is 0 Å². The van der Waals surface area contributed by atoms with Crippen LogP contribution in [0.1, 0.15) is 25.5 Å². The van der Waals surface area contributed by atoms with Gasteiger partial charge in [0.25, 0.3) is 0 Å². The molecule has 2 N–H and O–H groups in total. The standard InChI is InChI=1S/C17H26N4O.HI/c1-2-18-17(20-11-6-15-8-13-22-14-9-15)21-12-7-16-5-3-4-10-19-16;/h3-5,8,10H,2,6-7,9,11-14H2,1H3,(H2,18,20,21);1H. The molecule has 0 amide bonds. The third-order valence-corrected chi connectivity index (χ3v) is 3.50. The highest BCUT2D eigenvalue weighted by Gasteiger charge is 2.04. The van der Waals surface area contributed by atoms with E-state index in [1.54, 1.807) is 0 Å². The van der Waals surface area contributed by atoms with Gasteiger partial charge < -0.3 is 15.4 Å². The molecule has 0 aromatic carbocycles. The van der Waals surface area contributed by atoms with Crippen molar-refractivity contribution in [2.24, 2.45) is 4.99 Å². The first-order valence-corrected chi connectivity index (χ1v) is 8.06. The Hall–Kier alpha value is -1.15. The van der Waals surface area contributed by atoms with E-state index in [9.17, 15) is 0 Å². The molecule has 6 heteroatoms. The van der Waals surface area contributed by atoms with Gasteiger partial charge in [-0.15, -0.1) is 24.0 Å². The van der Waals surface area contributed by atoms with E-state index in [2.05, 4.69) is 33.6 Å². The van der Waals surface area contributed by atoms with Crippen LogP contribution in [0.2, 0.25) is 0 Å². The first-order valence-electron chi connectivity index (χ1n) is 8.06. The van der Waals surface area contributed by atoms with Crippen molar-refractivity contribution in [3.05, 3.63) is 41.7 Å². The lowest BCUT2D eigenvalue weighted by atomic mass is 10.1. The Morgan fingerprint density at radius 2 is 2.22 bits per heavy atom. The molecule has 0 fully saturated rings. The maximum absolute atomic E-state index is 5.32. The van der Waals surface area contributed by atoms with Gasteiger partial charge in [-0.3, -0.25) is 9.98 Å². The van der Waals surface area contributed by atoms with E-state index < -0.39 is 0 Å². The first kappa shape index (κ1) is 19.9. The highest BCUT2D eigenvalue weighted by molar-refractivity contribution is 14.0.